The van der Waals surface area contributed by atoms with Crippen LogP contribution >= 0.6 is 11.8 Å². The van der Waals surface area contributed by atoms with E-state index in [1.54, 1.807) is 6.92 Å². The predicted octanol–water partition coefficient (Wildman–Crippen LogP) is 2.38. The van der Waals surface area contributed by atoms with E-state index in [2.05, 4.69) is 11.8 Å². The van der Waals surface area contributed by atoms with Gasteiger partial charge in [0.1, 0.15) is 0 Å². The quantitative estimate of drug-likeness (QED) is 0.666. The molecule has 0 radical (unpaired) electrons. The van der Waals surface area contributed by atoms with Crippen molar-refractivity contribution in [3.63, 3.8) is 0 Å². The lowest BCUT2D eigenvalue weighted by Crippen LogP contribution is -1.91. The highest BCUT2D eigenvalue weighted by atomic mass is 32.2. The van der Waals surface area contributed by atoms with Crippen LogP contribution in [0.3, 0.4) is 0 Å². The van der Waals surface area contributed by atoms with Crippen molar-refractivity contribution in [3.8, 4) is 0 Å². The highest BCUT2D eigenvalue weighted by Crippen LogP contribution is 2.14. The molecular weight excluding hydrogens is 160 g/mol. The maximum Gasteiger partial charge on any atom is 0.303 e. The number of aliphatic carboxylic acids is 1. The second-order valence-corrected chi connectivity index (χ2v) is 3.65. The van der Waals surface area contributed by atoms with Crippen molar-refractivity contribution in [2.75, 3.05) is 11.5 Å². The van der Waals surface area contributed by atoms with Gasteiger partial charge in [-0.05, 0) is 24.3 Å². The van der Waals surface area contributed by atoms with Crippen LogP contribution in [-0.4, -0.2) is 22.6 Å². The molecule has 1 fully saturated rings. The Morgan fingerprint density at radius 3 is 1.91 bits per heavy atom. The van der Waals surface area contributed by atoms with Gasteiger partial charge < -0.3 is 5.11 Å². The molecule has 11 heavy (non-hydrogen) atoms. The second kappa shape index (κ2) is 7.92. The molecule has 0 bridgehead atoms. The zero-order chi connectivity index (χ0) is 8.53. The summed E-state index contributed by atoms with van der Waals surface area (Å²) in [6.45, 7) is 1.60. The van der Waals surface area contributed by atoms with E-state index in [-0.39, 0.29) is 6.42 Å². The largest absolute Gasteiger partial charge is 0.481 e. The number of hydrogen-bond acceptors (Lipinski definition) is 2. The second-order valence-electron chi connectivity index (χ2n) is 2.42. The highest BCUT2D eigenvalue weighted by Gasteiger charge is 1.95. The van der Waals surface area contributed by atoms with Crippen LogP contribution < -0.4 is 0 Å². The van der Waals surface area contributed by atoms with E-state index in [9.17, 15) is 4.79 Å². The molecule has 1 heterocycles. The van der Waals surface area contributed by atoms with Gasteiger partial charge in [-0.1, -0.05) is 13.3 Å². The van der Waals surface area contributed by atoms with E-state index in [4.69, 9.17) is 5.11 Å². The lowest BCUT2D eigenvalue weighted by atomic mass is 10.3. The van der Waals surface area contributed by atoms with Crippen molar-refractivity contribution < 1.29 is 9.90 Å². The summed E-state index contributed by atoms with van der Waals surface area (Å²) in [5.41, 5.74) is 0. The minimum absolute atomic E-state index is 0.222. The normalized spacial score (nSPS) is 16.5. The summed E-state index contributed by atoms with van der Waals surface area (Å²) in [5.74, 6) is 2.09. The van der Waals surface area contributed by atoms with Crippen LogP contribution in [0.5, 0.6) is 0 Å². The van der Waals surface area contributed by atoms with Crippen LogP contribution in [0.25, 0.3) is 0 Å². The third-order valence-electron chi connectivity index (χ3n) is 1.38. The fraction of sp³-hybridized carbons (Fsp3) is 0.875. The molecule has 3 heteroatoms. The van der Waals surface area contributed by atoms with Crippen molar-refractivity contribution >= 4 is 17.7 Å². The van der Waals surface area contributed by atoms with Crippen molar-refractivity contribution in [2.45, 2.75) is 32.6 Å². The molecule has 66 valence electrons. The van der Waals surface area contributed by atoms with Gasteiger partial charge in [0.05, 0.1) is 0 Å². The van der Waals surface area contributed by atoms with Gasteiger partial charge in [-0.3, -0.25) is 4.79 Å². The zero-order valence-electron chi connectivity index (χ0n) is 7.01. The number of carboxylic acid groups (broad SMARTS) is 1. The molecule has 1 rings (SSSR count). The Bertz CT molecular complexity index is 88.8. The number of rotatable bonds is 1. The third-order valence-corrected chi connectivity index (χ3v) is 2.53. The molecule has 0 unspecified atom stereocenters. The molecule has 0 spiro atoms. The SMILES string of the molecule is C1CCSCC1.CCC(=O)O. The average molecular weight is 176 g/mol. The van der Waals surface area contributed by atoms with Crippen molar-refractivity contribution in [1.82, 2.24) is 0 Å². The summed E-state index contributed by atoms with van der Waals surface area (Å²) in [6, 6.07) is 0. The summed E-state index contributed by atoms with van der Waals surface area (Å²) in [5, 5.41) is 7.72. The minimum Gasteiger partial charge on any atom is -0.481 e. The van der Waals surface area contributed by atoms with Crippen LogP contribution in [0.1, 0.15) is 32.6 Å². The monoisotopic (exact) mass is 176 g/mol. The van der Waals surface area contributed by atoms with Gasteiger partial charge in [-0.2, -0.15) is 11.8 Å². The molecule has 0 saturated carbocycles. The molecule has 0 aromatic rings. The maximum absolute atomic E-state index is 9.37. The third kappa shape index (κ3) is 9.82. The Morgan fingerprint density at radius 1 is 1.36 bits per heavy atom. The van der Waals surface area contributed by atoms with E-state index in [0.29, 0.717) is 0 Å². The fourth-order valence-electron chi connectivity index (χ4n) is 0.687. The molecule has 1 aliphatic rings. The summed E-state index contributed by atoms with van der Waals surface area (Å²) in [4.78, 5) is 9.37. The minimum atomic E-state index is -0.745. The summed E-state index contributed by atoms with van der Waals surface area (Å²) >= 11 is 2.09. The summed E-state index contributed by atoms with van der Waals surface area (Å²) in [6.07, 6.45) is 4.63. The van der Waals surface area contributed by atoms with Gasteiger partial charge in [0.2, 0.25) is 0 Å². The number of carboxylic acids is 1. The van der Waals surface area contributed by atoms with Crippen molar-refractivity contribution in [1.29, 1.82) is 0 Å². The molecule has 0 aromatic carbocycles. The van der Waals surface area contributed by atoms with Gasteiger partial charge in [0.25, 0.3) is 0 Å². The number of carbonyl (C=O) groups is 1. The van der Waals surface area contributed by atoms with E-state index in [0.717, 1.165) is 0 Å². The van der Waals surface area contributed by atoms with Gasteiger partial charge in [0, 0.05) is 6.42 Å². The zero-order valence-corrected chi connectivity index (χ0v) is 7.82. The summed E-state index contributed by atoms with van der Waals surface area (Å²) < 4.78 is 0. The smallest absolute Gasteiger partial charge is 0.303 e. The van der Waals surface area contributed by atoms with Crippen LogP contribution in [0.15, 0.2) is 0 Å². The Hall–Kier alpha value is -0.180. The Labute approximate surface area is 72.4 Å². The molecule has 1 aliphatic heterocycles. The Morgan fingerprint density at radius 2 is 1.82 bits per heavy atom. The van der Waals surface area contributed by atoms with Gasteiger partial charge >= 0.3 is 5.97 Å². The standard InChI is InChI=1S/C5H10S.C3H6O2/c1-2-4-6-5-3-1;1-2-3(4)5/h1-5H2;2H2,1H3,(H,4,5). The van der Waals surface area contributed by atoms with Crippen LogP contribution in [-0.2, 0) is 4.79 Å². The highest BCUT2D eigenvalue weighted by molar-refractivity contribution is 7.99. The number of hydrogen-bond donors (Lipinski definition) is 1. The lowest BCUT2D eigenvalue weighted by molar-refractivity contribution is -0.136. The first-order valence-corrected chi connectivity index (χ1v) is 5.22. The predicted molar refractivity (Wildman–Crippen MR) is 49.1 cm³/mol. The Kier molecular flexibility index (Phi) is 7.79. The first-order chi connectivity index (χ1) is 5.27. The van der Waals surface area contributed by atoms with E-state index >= 15 is 0 Å². The first-order valence-electron chi connectivity index (χ1n) is 4.07. The Balaban J connectivity index is 0.000000187. The first kappa shape index (κ1) is 10.8. The molecule has 1 saturated heterocycles. The van der Waals surface area contributed by atoms with Crippen LogP contribution in [0, 0.1) is 0 Å². The molecule has 2 nitrogen and oxygen atoms in total. The van der Waals surface area contributed by atoms with Gasteiger partial charge in [-0.25, -0.2) is 0 Å². The lowest BCUT2D eigenvalue weighted by Gasteiger charge is -2.05. The van der Waals surface area contributed by atoms with Crippen molar-refractivity contribution in [2.24, 2.45) is 0 Å². The fourth-order valence-corrected chi connectivity index (χ4v) is 1.71. The van der Waals surface area contributed by atoms with E-state index in [1.807, 2.05) is 0 Å². The number of thioether (sulfide) groups is 1. The van der Waals surface area contributed by atoms with Gasteiger partial charge in [0.15, 0.2) is 0 Å². The van der Waals surface area contributed by atoms with E-state index < -0.39 is 5.97 Å². The molecular formula is C8H16O2S. The molecule has 1 N–H and O–H groups in total. The molecule has 0 aliphatic carbocycles. The molecule has 0 amide bonds. The van der Waals surface area contributed by atoms with Crippen LogP contribution in [0.2, 0.25) is 0 Å². The average Bonchev–Trinajstić information content (AvgIpc) is 2.09. The maximum atomic E-state index is 9.37. The van der Waals surface area contributed by atoms with Gasteiger partial charge in [-0.15, -0.1) is 0 Å². The molecule has 0 aromatic heterocycles. The van der Waals surface area contributed by atoms with Crippen LogP contribution in [0.4, 0.5) is 0 Å². The topological polar surface area (TPSA) is 37.3 Å². The summed E-state index contributed by atoms with van der Waals surface area (Å²) in [7, 11) is 0. The van der Waals surface area contributed by atoms with Crippen molar-refractivity contribution in [3.05, 3.63) is 0 Å². The molecule has 0 atom stereocenters. The van der Waals surface area contributed by atoms with E-state index in [1.165, 1.54) is 30.8 Å².